The predicted molar refractivity (Wildman–Crippen MR) is 77.7 cm³/mol. The van der Waals surface area contributed by atoms with E-state index in [1.54, 1.807) is 0 Å². The third-order valence-electron chi connectivity index (χ3n) is 3.46. The number of aliphatic hydroxyl groups excluding tert-OH is 2. The molecule has 0 fully saturated rings. The van der Waals surface area contributed by atoms with Crippen molar-refractivity contribution < 1.29 is 10.2 Å². The number of hydrogen-bond acceptors (Lipinski definition) is 3. The lowest BCUT2D eigenvalue weighted by atomic mass is 9.95. The van der Waals surface area contributed by atoms with Crippen LogP contribution in [0, 0.1) is 5.92 Å². The fourth-order valence-electron chi connectivity index (χ4n) is 2.22. The molecule has 0 spiro atoms. The molecule has 0 saturated carbocycles. The number of rotatable bonds is 13. The zero-order valence-corrected chi connectivity index (χ0v) is 12.3. The van der Waals surface area contributed by atoms with Gasteiger partial charge in [-0.15, -0.1) is 0 Å². The van der Waals surface area contributed by atoms with Crippen LogP contribution in [0.4, 0.5) is 0 Å². The van der Waals surface area contributed by atoms with Crippen molar-refractivity contribution in [2.45, 2.75) is 71.3 Å². The van der Waals surface area contributed by atoms with Gasteiger partial charge in [0.15, 0.2) is 0 Å². The molecule has 3 nitrogen and oxygen atoms in total. The summed E-state index contributed by atoms with van der Waals surface area (Å²) in [7, 11) is 0. The standard InChI is InChI=1S/C15H33NO2/c1-3-5-7-8-10-14(9-6-4-2)11-16-12-15(18)13-17/h14-18H,3-13H2,1-2H3. The molecule has 0 aliphatic rings. The van der Waals surface area contributed by atoms with E-state index in [-0.39, 0.29) is 6.61 Å². The van der Waals surface area contributed by atoms with Crippen molar-refractivity contribution in [3.8, 4) is 0 Å². The Balaban J connectivity index is 3.69. The van der Waals surface area contributed by atoms with Crippen molar-refractivity contribution in [1.82, 2.24) is 5.32 Å². The molecule has 18 heavy (non-hydrogen) atoms. The number of nitrogens with one attached hydrogen (secondary N) is 1. The molecule has 0 saturated heterocycles. The smallest absolute Gasteiger partial charge is 0.0894 e. The Morgan fingerprint density at radius 1 is 0.889 bits per heavy atom. The van der Waals surface area contributed by atoms with Crippen molar-refractivity contribution in [1.29, 1.82) is 0 Å². The van der Waals surface area contributed by atoms with Gasteiger partial charge in [-0.2, -0.15) is 0 Å². The molecule has 0 aromatic carbocycles. The molecule has 0 radical (unpaired) electrons. The van der Waals surface area contributed by atoms with E-state index in [1.807, 2.05) is 0 Å². The van der Waals surface area contributed by atoms with Crippen molar-refractivity contribution in [2.75, 3.05) is 19.7 Å². The van der Waals surface area contributed by atoms with Crippen LogP contribution >= 0.6 is 0 Å². The molecule has 0 aromatic rings. The minimum atomic E-state index is -0.614. The van der Waals surface area contributed by atoms with Gasteiger partial charge in [-0.05, 0) is 25.3 Å². The molecule has 0 amide bonds. The fourth-order valence-corrected chi connectivity index (χ4v) is 2.22. The normalized spacial score (nSPS) is 14.7. The highest BCUT2D eigenvalue weighted by Gasteiger charge is 2.09. The summed E-state index contributed by atoms with van der Waals surface area (Å²) in [6, 6.07) is 0. The Morgan fingerprint density at radius 3 is 2.17 bits per heavy atom. The Kier molecular flexibility index (Phi) is 13.2. The maximum Gasteiger partial charge on any atom is 0.0894 e. The molecule has 0 aliphatic carbocycles. The quantitative estimate of drug-likeness (QED) is 0.446. The summed E-state index contributed by atoms with van der Waals surface area (Å²) in [5.41, 5.74) is 0. The summed E-state index contributed by atoms with van der Waals surface area (Å²) in [5, 5.41) is 21.3. The monoisotopic (exact) mass is 259 g/mol. The zero-order chi connectivity index (χ0) is 13.6. The topological polar surface area (TPSA) is 52.5 Å². The molecular weight excluding hydrogens is 226 g/mol. The van der Waals surface area contributed by atoms with Crippen molar-refractivity contribution in [3.05, 3.63) is 0 Å². The second kappa shape index (κ2) is 13.3. The van der Waals surface area contributed by atoms with Gasteiger partial charge in [-0.3, -0.25) is 0 Å². The Hall–Kier alpha value is -0.120. The van der Waals surface area contributed by atoms with E-state index in [4.69, 9.17) is 5.11 Å². The molecule has 0 aromatic heterocycles. The number of hydrogen-bond donors (Lipinski definition) is 3. The van der Waals surface area contributed by atoms with E-state index in [0.29, 0.717) is 6.54 Å². The molecule has 2 unspecified atom stereocenters. The summed E-state index contributed by atoms with van der Waals surface area (Å²) in [6.45, 7) is 5.81. The number of unbranched alkanes of at least 4 members (excludes halogenated alkanes) is 4. The highest BCUT2D eigenvalue weighted by atomic mass is 16.3. The van der Waals surface area contributed by atoms with Crippen molar-refractivity contribution in [2.24, 2.45) is 5.92 Å². The fraction of sp³-hybridized carbons (Fsp3) is 1.00. The van der Waals surface area contributed by atoms with E-state index < -0.39 is 6.10 Å². The Labute approximate surface area is 113 Å². The first-order valence-electron chi connectivity index (χ1n) is 7.74. The van der Waals surface area contributed by atoms with E-state index in [0.717, 1.165) is 12.5 Å². The SMILES string of the molecule is CCCCCCC(CCCC)CNCC(O)CO. The van der Waals surface area contributed by atoms with Gasteiger partial charge in [0.2, 0.25) is 0 Å². The molecule has 0 aliphatic heterocycles. The van der Waals surface area contributed by atoms with Gasteiger partial charge in [0, 0.05) is 6.54 Å². The van der Waals surface area contributed by atoms with Gasteiger partial charge in [0.1, 0.15) is 0 Å². The van der Waals surface area contributed by atoms with Gasteiger partial charge in [0.05, 0.1) is 12.7 Å². The first-order valence-corrected chi connectivity index (χ1v) is 7.74. The second-order valence-electron chi connectivity index (χ2n) is 5.35. The molecule has 3 N–H and O–H groups in total. The first-order chi connectivity index (χ1) is 8.74. The lowest BCUT2D eigenvalue weighted by Gasteiger charge is -2.18. The molecule has 0 bridgehead atoms. The van der Waals surface area contributed by atoms with Gasteiger partial charge < -0.3 is 15.5 Å². The lowest BCUT2D eigenvalue weighted by molar-refractivity contribution is 0.0933. The van der Waals surface area contributed by atoms with Crippen LogP contribution in [0.5, 0.6) is 0 Å². The van der Waals surface area contributed by atoms with E-state index in [1.165, 1.54) is 51.4 Å². The zero-order valence-electron chi connectivity index (χ0n) is 12.3. The van der Waals surface area contributed by atoms with Crippen LogP contribution in [0.15, 0.2) is 0 Å². The highest BCUT2D eigenvalue weighted by molar-refractivity contribution is 4.65. The first kappa shape index (κ1) is 17.9. The summed E-state index contributed by atoms with van der Waals surface area (Å²) in [4.78, 5) is 0. The average Bonchev–Trinajstić information content (AvgIpc) is 2.39. The predicted octanol–water partition coefficient (Wildman–Crippen LogP) is 2.71. The van der Waals surface area contributed by atoms with E-state index >= 15 is 0 Å². The molecule has 0 rings (SSSR count). The minimum Gasteiger partial charge on any atom is -0.394 e. The summed E-state index contributed by atoms with van der Waals surface area (Å²) >= 11 is 0. The van der Waals surface area contributed by atoms with Gasteiger partial charge in [-0.1, -0.05) is 52.4 Å². The van der Waals surface area contributed by atoms with E-state index in [2.05, 4.69) is 19.2 Å². The van der Waals surface area contributed by atoms with Gasteiger partial charge in [-0.25, -0.2) is 0 Å². The van der Waals surface area contributed by atoms with Crippen LogP contribution in [0.2, 0.25) is 0 Å². The molecule has 0 heterocycles. The van der Waals surface area contributed by atoms with Crippen LogP contribution in [-0.2, 0) is 0 Å². The molecule has 3 heteroatoms. The third kappa shape index (κ3) is 11.0. The average molecular weight is 259 g/mol. The van der Waals surface area contributed by atoms with Crippen LogP contribution in [-0.4, -0.2) is 36.0 Å². The highest BCUT2D eigenvalue weighted by Crippen LogP contribution is 2.16. The lowest BCUT2D eigenvalue weighted by Crippen LogP contribution is -2.32. The molecular formula is C15H33NO2. The summed E-state index contributed by atoms with van der Waals surface area (Å²) < 4.78 is 0. The summed E-state index contributed by atoms with van der Waals surface area (Å²) in [6.07, 6.45) is 9.82. The largest absolute Gasteiger partial charge is 0.394 e. The van der Waals surface area contributed by atoms with Crippen LogP contribution in [0.25, 0.3) is 0 Å². The van der Waals surface area contributed by atoms with E-state index in [9.17, 15) is 5.11 Å². The number of aliphatic hydroxyl groups is 2. The summed E-state index contributed by atoms with van der Waals surface area (Å²) in [5.74, 6) is 0.729. The van der Waals surface area contributed by atoms with Crippen LogP contribution in [0.3, 0.4) is 0 Å². The third-order valence-corrected chi connectivity index (χ3v) is 3.46. The Morgan fingerprint density at radius 2 is 1.56 bits per heavy atom. The van der Waals surface area contributed by atoms with Crippen LogP contribution < -0.4 is 5.32 Å². The second-order valence-corrected chi connectivity index (χ2v) is 5.35. The molecule has 2 atom stereocenters. The maximum atomic E-state index is 9.28. The van der Waals surface area contributed by atoms with Crippen molar-refractivity contribution >= 4 is 0 Å². The van der Waals surface area contributed by atoms with Crippen LogP contribution in [0.1, 0.15) is 65.2 Å². The Bertz CT molecular complexity index is 165. The minimum absolute atomic E-state index is 0.150. The molecule has 110 valence electrons. The van der Waals surface area contributed by atoms with Gasteiger partial charge >= 0.3 is 0 Å². The van der Waals surface area contributed by atoms with Gasteiger partial charge in [0.25, 0.3) is 0 Å². The van der Waals surface area contributed by atoms with Crippen molar-refractivity contribution in [3.63, 3.8) is 0 Å². The maximum absolute atomic E-state index is 9.28.